The highest BCUT2D eigenvalue weighted by Crippen LogP contribution is 2.43. The van der Waals surface area contributed by atoms with Crippen LogP contribution in [0.1, 0.15) is 0 Å². The summed E-state index contributed by atoms with van der Waals surface area (Å²) >= 11 is 0. The second-order valence-electron chi connectivity index (χ2n) is 17.0. The number of oxazole rings is 1. The molecule has 6 heteroatoms. The Labute approximate surface area is 385 Å². The van der Waals surface area contributed by atoms with Crippen LogP contribution in [0.25, 0.3) is 132 Å². The summed E-state index contributed by atoms with van der Waals surface area (Å²) in [6.07, 6.45) is 15.6. The second kappa shape index (κ2) is 15.8. The molecule has 5 heterocycles. The number of hydrogen-bond acceptors (Lipinski definition) is 6. The fourth-order valence-electron chi connectivity index (χ4n) is 9.68. The van der Waals surface area contributed by atoms with Crippen molar-refractivity contribution in [2.24, 2.45) is 0 Å². The maximum absolute atomic E-state index is 6.56. The van der Waals surface area contributed by atoms with Gasteiger partial charge in [-0.05, 0) is 133 Å². The quantitative estimate of drug-likeness (QED) is 0.159. The van der Waals surface area contributed by atoms with Crippen LogP contribution in [0.5, 0.6) is 0 Å². The number of nitrogens with zero attached hydrogens (tertiary/aromatic N) is 5. The van der Waals surface area contributed by atoms with E-state index in [0.29, 0.717) is 5.89 Å². The molecule has 67 heavy (non-hydrogen) atoms. The van der Waals surface area contributed by atoms with Gasteiger partial charge in [0.15, 0.2) is 5.58 Å². The molecule has 13 rings (SSSR count). The van der Waals surface area contributed by atoms with Gasteiger partial charge in [-0.2, -0.15) is 0 Å². The molecule has 0 spiro atoms. The molecule has 0 saturated carbocycles. The molecule has 0 radical (unpaired) electrons. The molecular formula is C61H37N5O. The fourth-order valence-corrected chi connectivity index (χ4v) is 9.68. The third-order valence-corrected chi connectivity index (χ3v) is 12.9. The number of rotatable bonds is 7. The average Bonchev–Trinajstić information content (AvgIpc) is 3.85. The molecule has 0 N–H and O–H groups in total. The summed E-state index contributed by atoms with van der Waals surface area (Å²) in [7, 11) is 0. The first-order valence-electron chi connectivity index (χ1n) is 22.3. The van der Waals surface area contributed by atoms with Crippen molar-refractivity contribution in [2.45, 2.75) is 0 Å². The Morgan fingerprint density at radius 1 is 0.269 bits per heavy atom. The molecule has 0 atom stereocenters. The van der Waals surface area contributed by atoms with Gasteiger partial charge in [-0.3, -0.25) is 19.9 Å². The van der Waals surface area contributed by atoms with Crippen LogP contribution in [0.4, 0.5) is 0 Å². The van der Waals surface area contributed by atoms with Gasteiger partial charge in [-0.1, -0.05) is 109 Å². The molecule has 0 aliphatic rings. The molecule has 5 aromatic heterocycles. The Kier molecular flexibility index (Phi) is 9.06. The predicted octanol–water partition coefficient (Wildman–Crippen LogP) is 15.7. The van der Waals surface area contributed by atoms with Crippen LogP contribution >= 0.6 is 0 Å². The maximum Gasteiger partial charge on any atom is 0.227 e. The summed E-state index contributed by atoms with van der Waals surface area (Å²) in [4.78, 5) is 24.0. The number of pyridine rings is 4. The monoisotopic (exact) mass is 855 g/mol. The minimum absolute atomic E-state index is 0.546. The number of hydrogen-bond donors (Lipinski definition) is 0. The van der Waals surface area contributed by atoms with Crippen molar-refractivity contribution >= 4 is 54.2 Å². The van der Waals surface area contributed by atoms with E-state index in [-0.39, 0.29) is 0 Å². The predicted molar refractivity (Wildman–Crippen MR) is 273 cm³/mol. The fraction of sp³-hybridized carbons (Fsp3) is 0. The SMILES string of the molecule is c1ccc2c(-c3cc(-c4cc(-c5cc(-c6cncc7ccccc67)cc(-c6cncc7ccccc67)c5)cc(-c5nc6ccccc6o5)c4)cc(-c4cncc5ccccc45)c3)cncc2c1. The molecule has 312 valence electrons. The molecule has 8 aromatic carbocycles. The van der Waals surface area contributed by atoms with E-state index in [1.165, 1.54) is 0 Å². The van der Waals surface area contributed by atoms with E-state index >= 15 is 0 Å². The summed E-state index contributed by atoms with van der Waals surface area (Å²) in [6, 6.07) is 62.1. The van der Waals surface area contributed by atoms with Gasteiger partial charge >= 0.3 is 0 Å². The number of para-hydroxylation sites is 2. The molecule has 0 aliphatic carbocycles. The summed E-state index contributed by atoms with van der Waals surface area (Å²) in [5.41, 5.74) is 14.9. The van der Waals surface area contributed by atoms with Gasteiger partial charge in [0.2, 0.25) is 5.89 Å². The van der Waals surface area contributed by atoms with Crippen molar-refractivity contribution < 1.29 is 4.42 Å². The van der Waals surface area contributed by atoms with Gasteiger partial charge in [0.25, 0.3) is 0 Å². The molecule has 6 nitrogen and oxygen atoms in total. The summed E-state index contributed by atoms with van der Waals surface area (Å²) in [6.45, 7) is 0. The Morgan fingerprint density at radius 2 is 0.567 bits per heavy atom. The van der Waals surface area contributed by atoms with Crippen LogP contribution in [0, 0.1) is 0 Å². The van der Waals surface area contributed by atoms with E-state index in [1.807, 2.05) is 73.8 Å². The molecule has 0 bridgehead atoms. The third kappa shape index (κ3) is 6.87. The van der Waals surface area contributed by atoms with E-state index in [9.17, 15) is 0 Å². The topological polar surface area (TPSA) is 77.6 Å². The van der Waals surface area contributed by atoms with Crippen molar-refractivity contribution in [3.8, 4) is 78.2 Å². The molecule has 0 aliphatic heterocycles. The molecule has 0 unspecified atom stereocenters. The largest absolute Gasteiger partial charge is 0.436 e. The lowest BCUT2D eigenvalue weighted by atomic mass is 9.88. The summed E-state index contributed by atoms with van der Waals surface area (Å²) in [5, 5.41) is 8.85. The third-order valence-electron chi connectivity index (χ3n) is 12.9. The standard InChI is InChI=1S/C61H37N5O/c1-5-15-51-38(11-1)30-62-34-55(51)46-22-44(23-47(28-46)56-35-63-31-39-12-2-6-16-52(39)56)42-21-43(27-50(26-42)61-66-59-19-9-10-20-60(59)67-61)45-24-48(57-36-64-32-40-13-3-7-17-53(40)57)29-49(25-45)58-37-65-33-41-14-4-8-18-54(41)58/h1-37H. The minimum atomic E-state index is 0.546. The lowest BCUT2D eigenvalue weighted by Gasteiger charge is -2.16. The Morgan fingerprint density at radius 3 is 0.940 bits per heavy atom. The second-order valence-corrected chi connectivity index (χ2v) is 17.0. The molecular weight excluding hydrogens is 819 g/mol. The van der Waals surface area contributed by atoms with E-state index in [2.05, 4.69) is 152 Å². The lowest BCUT2D eigenvalue weighted by Crippen LogP contribution is -1.92. The number of aromatic nitrogens is 5. The van der Waals surface area contributed by atoms with E-state index in [1.54, 1.807) is 0 Å². The first-order chi connectivity index (χ1) is 33.2. The normalized spacial score (nSPS) is 11.6. The highest BCUT2D eigenvalue weighted by Gasteiger charge is 2.19. The molecule has 0 amide bonds. The van der Waals surface area contributed by atoms with Crippen LogP contribution in [-0.4, -0.2) is 24.9 Å². The van der Waals surface area contributed by atoms with Crippen LogP contribution in [0.15, 0.2) is 230 Å². The highest BCUT2D eigenvalue weighted by atomic mass is 16.3. The van der Waals surface area contributed by atoms with Crippen molar-refractivity contribution in [1.29, 1.82) is 0 Å². The van der Waals surface area contributed by atoms with Gasteiger partial charge < -0.3 is 4.42 Å². The summed E-state index contributed by atoms with van der Waals surface area (Å²) in [5.74, 6) is 0.546. The average molecular weight is 856 g/mol. The zero-order valence-electron chi connectivity index (χ0n) is 36.0. The smallest absolute Gasteiger partial charge is 0.227 e. The van der Waals surface area contributed by atoms with Gasteiger partial charge in [0.1, 0.15) is 5.52 Å². The summed E-state index contributed by atoms with van der Waals surface area (Å²) < 4.78 is 6.56. The molecule has 0 saturated heterocycles. The first kappa shape index (κ1) is 38.3. The highest BCUT2D eigenvalue weighted by molar-refractivity contribution is 6.03. The molecule has 0 fully saturated rings. The molecule has 13 aromatic rings. The Bertz CT molecular complexity index is 3610. The van der Waals surface area contributed by atoms with Crippen molar-refractivity contribution in [3.05, 3.63) is 225 Å². The Hall–Kier alpha value is -9.13. The van der Waals surface area contributed by atoms with Crippen molar-refractivity contribution in [1.82, 2.24) is 24.9 Å². The Balaban J connectivity index is 1.09. The minimum Gasteiger partial charge on any atom is -0.436 e. The van der Waals surface area contributed by atoms with Crippen molar-refractivity contribution in [2.75, 3.05) is 0 Å². The van der Waals surface area contributed by atoms with Gasteiger partial charge in [0, 0.05) is 98.9 Å². The zero-order chi connectivity index (χ0) is 44.3. The van der Waals surface area contributed by atoms with Crippen LogP contribution in [0.3, 0.4) is 0 Å². The van der Waals surface area contributed by atoms with Crippen LogP contribution in [-0.2, 0) is 0 Å². The lowest BCUT2D eigenvalue weighted by molar-refractivity contribution is 0.620. The van der Waals surface area contributed by atoms with E-state index < -0.39 is 0 Å². The maximum atomic E-state index is 6.56. The van der Waals surface area contributed by atoms with Gasteiger partial charge in [-0.25, -0.2) is 4.98 Å². The number of benzene rings is 8. The van der Waals surface area contributed by atoms with Gasteiger partial charge in [-0.15, -0.1) is 0 Å². The number of fused-ring (bicyclic) bond motifs is 5. The van der Waals surface area contributed by atoms with Crippen molar-refractivity contribution in [3.63, 3.8) is 0 Å². The zero-order valence-corrected chi connectivity index (χ0v) is 36.0. The first-order valence-corrected chi connectivity index (χ1v) is 22.3. The van der Waals surface area contributed by atoms with E-state index in [4.69, 9.17) is 29.3 Å². The van der Waals surface area contributed by atoms with Crippen LogP contribution in [0.2, 0.25) is 0 Å². The van der Waals surface area contributed by atoms with Gasteiger partial charge in [0.05, 0.1) is 0 Å². The van der Waals surface area contributed by atoms with Crippen LogP contribution < -0.4 is 0 Å². The van der Waals surface area contributed by atoms with E-state index in [0.717, 1.165) is 127 Å².